The number of alkyl carbamates (subject to hydrolysis) is 1. The van der Waals surface area contributed by atoms with E-state index < -0.39 is 6.09 Å². The van der Waals surface area contributed by atoms with E-state index in [2.05, 4.69) is 5.32 Å². The van der Waals surface area contributed by atoms with Gasteiger partial charge >= 0.3 is 6.09 Å². The number of nitrogen functional groups attached to an aromatic ring is 1. The topological polar surface area (TPSA) is 73.6 Å². The van der Waals surface area contributed by atoms with Crippen LogP contribution in [0.15, 0.2) is 48.5 Å². The molecule has 25 heavy (non-hydrogen) atoms. The summed E-state index contributed by atoms with van der Waals surface area (Å²) in [5, 5.41) is 3.24. The first-order valence-electron chi connectivity index (χ1n) is 7.84. The standard InChI is InChI=1S/C19H21ClN2O3/c1-24-18-11-15(16(20)12-17(18)21)9-5-6-10-22-19(23)25-13-14-7-3-2-4-8-14/h2-5,7-9,11-12H,6,10,13,21H2,1H3,(H,22,23). The highest BCUT2D eigenvalue weighted by molar-refractivity contribution is 6.32. The summed E-state index contributed by atoms with van der Waals surface area (Å²) < 4.78 is 10.3. The molecule has 0 unspecified atom stereocenters. The first-order valence-corrected chi connectivity index (χ1v) is 8.22. The van der Waals surface area contributed by atoms with Crippen LogP contribution < -0.4 is 15.8 Å². The number of carbonyl (C=O) groups is 1. The Labute approximate surface area is 152 Å². The minimum Gasteiger partial charge on any atom is -0.495 e. The Morgan fingerprint density at radius 2 is 2.04 bits per heavy atom. The first-order chi connectivity index (χ1) is 12.1. The third-order valence-electron chi connectivity index (χ3n) is 3.44. The highest BCUT2D eigenvalue weighted by Gasteiger charge is 2.05. The van der Waals surface area contributed by atoms with Gasteiger partial charge in [0.15, 0.2) is 0 Å². The van der Waals surface area contributed by atoms with E-state index >= 15 is 0 Å². The molecule has 0 fully saturated rings. The number of amides is 1. The number of benzene rings is 2. The molecular weight excluding hydrogens is 340 g/mol. The molecule has 132 valence electrons. The van der Waals surface area contributed by atoms with Gasteiger partial charge in [0.25, 0.3) is 0 Å². The van der Waals surface area contributed by atoms with Crippen LogP contribution in [0, 0.1) is 0 Å². The molecule has 6 heteroatoms. The van der Waals surface area contributed by atoms with E-state index in [1.807, 2.05) is 42.5 Å². The quantitative estimate of drug-likeness (QED) is 0.571. The van der Waals surface area contributed by atoms with E-state index in [9.17, 15) is 4.79 Å². The molecule has 0 radical (unpaired) electrons. The van der Waals surface area contributed by atoms with Crippen molar-refractivity contribution in [3.05, 3.63) is 64.7 Å². The van der Waals surface area contributed by atoms with Crippen molar-refractivity contribution >= 4 is 29.5 Å². The lowest BCUT2D eigenvalue weighted by Gasteiger charge is -2.07. The molecule has 0 saturated heterocycles. The average molecular weight is 361 g/mol. The van der Waals surface area contributed by atoms with Gasteiger partial charge in [-0.3, -0.25) is 0 Å². The molecule has 0 saturated carbocycles. The maximum atomic E-state index is 11.6. The van der Waals surface area contributed by atoms with E-state index in [0.29, 0.717) is 29.4 Å². The largest absolute Gasteiger partial charge is 0.495 e. The summed E-state index contributed by atoms with van der Waals surface area (Å²) in [6.07, 6.45) is 3.98. The minimum atomic E-state index is -0.440. The third kappa shape index (κ3) is 6.04. The zero-order valence-electron chi connectivity index (χ0n) is 14.0. The number of methoxy groups -OCH3 is 1. The summed E-state index contributed by atoms with van der Waals surface area (Å²) in [6, 6.07) is 13.0. The van der Waals surface area contributed by atoms with Crippen LogP contribution in [0.3, 0.4) is 0 Å². The predicted molar refractivity (Wildman–Crippen MR) is 101 cm³/mol. The molecule has 0 spiro atoms. The second kappa shape index (κ2) is 9.59. The van der Waals surface area contributed by atoms with Gasteiger partial charge < -0.3 is 20.5 Å². The molecule has 0 aromatic heterocycles. The molecule has 5 nitrogen and oxygen atoms in total. The van der Waals surface area contributed by atoms with Crippen LogP contribution in [0.2, 0.25) is 5.02 Å². The van der Waals surface area contributed by atoms with Crippen LogP contribution in [0.5, 0.6) is 5.75 Å². The number of hydrogen-bond acceptors (Lipinski definition) is 4. The van der Waals surface area contributed by atoms with Gasteiger partial charge in [0.2, 0.25) is 0 Å². The number of rotatable bonds is 7. The number of hydrogen-bond donors (Lipinski definition) is 2. The molecule has 0 aliphatic carbocycles. The van der Waals surface area contributed by atoms with Gasteiger partial charge in [0.1, 0.15) is 12.4 Å². The molecule has 1 amide bonds. The Bertz CT molecular complexity index is 733. The lowest BCUT2D eigenvalue weighted by atomic mass is 10.1. The lowest BCUT2D eigenvalue weighted by molar-refractivity contribution is 0.140. The highest BCUT2D eigenvalue weighted by atomic mass is 35.5. The van der Waals surface area contributed by atoms with Crippen molar-refractivity contribution in [1.82, 2.24) is 5.32 Å². The summed E-state index contributed by atoms with van der Waals surface area (Å²) in [4.78, 5) is 11.6. The van der Waals surface area contributed by atoms with Gasteiger partial charge in [-0.25, -0.2) is 4.79 Å². The third-order valence-corrected chi connectivity index (χ3v) is 3.77. The van der Waals surface area contributed by atoms with E-state index in [1.54, 1.807) is 19.2 Å². The van der Waals surface area contributed by atoms with Crippen molar-refractivity contribution in [3.8, 4) is 5.75 Å². The smallest absolute Gasteiger partial charge is 0.407 e. The zero-order chi connectivity index (χ0) is 18.1. The highest BCUT2D eigenvalue weighted by Crippen LogP contribution is 2.29. The summed E-state index contributed by atoms with van der Waals surface area (Å²) in [6.45, 7) is 0.719. The van der Waals surface area contributed by atoms with Crippen molar-refractivity contribution < 1.29 is 14.3 Å². The van der Waals surface area contributed by atoms with Gasteiger partial charge in [-0.1, -0.05) is 54.1 Å². The van der Waals surface area contributed by atoms with Gasteiger partial charge in [-0.15, -0.1) is 0 Å². The molecule has 2 aromatic rings. The molecule has 3 N–H and O–H groups in total. The number of nitrogens with one attached hydrogen (secondary N) is 1. The van der Waals surface area contributed by atoms with Gasteiger partial charge in [-0.05, 0) is 29.7 Å². The zero-order valence-corrected chi connectivity index (χ0v) is 14.8. The van der Waals surface area contributed by atoms with Crippen molar-refractivity contribution in [2.24, 2.45) is 0 Å². The number of halogens is 1. The molecule has 2 rings (SSSR count). The fraction of sp³-hybridized carbons (Fsp3) is 0.211. The normalized spacial score (nSPS) is 10.6. The summed E-state index contributed by atoms with van der Waals surface area (Å²) in [7, 11) is 1.55. The van der Waals surface area contributed by atoms with Crippen LogP contribution in [0.4, 0.5) is 10.5 Å². The van der Waals surface area contributed by atoms with Crippen molar-refractivity contribution in [2.45, 2.75) is 13.0 Å². The van der Waals surface area contributed by atoms with E-state index in [0.717, 1.165) is 11.1 Å². The molecular formula is C19H21ClN2O3. The second-order valence-electron chi connectivity index (χ2n) is 5.30. The molecule has 0 atom stereocenters. The number of carbonyl (C=O) groups excluding carboxylic acids is 1. The Balaban J connectivity index is 1.73. The van der Waals surface area contributed by atoms with Crippen LogP contribution in [-0.4, -0.2) is 19.7 Å². The molecule has 0 aliphatic heterocycles. The SMILES string of the molecule is COc1cc(C=CCCNC(=O)OCc2ccccc2)c(Cl)cc1N. The Hall–Kier alpha value is -2.66. The summed E-state index contributed by atoms with van der Waals surface area (Å²) in [5.41, 5.74) is 8.03. The lowest BCUT2D eigenvalue weighted by Crippen LogP contribution is -2.24. The molecule has 0 aliphatic rings. The molecule has 0 heterocycles. The minimum absolute atomic E-state index is 0.253. The van der Waals surface area contributed by atoms with Gasteiger partial charge in [0.05, 0.1) is 17.8 Å². The fourth-order valence-corrected chi connectivity index (χ4v) is 2.37. The summed E-state index contributed by atoms with van der Waals surface area (Å²) >= 11 is 6.14. The average Bonchev–Trinajstić information content (AvgIpc) is 2.62. The molecule has 2 aromatic carbocycles. The summed E-state index contributed by atoms with van der Waals surface area (Å²) in [5.74, 6) is 0.576. The van der Waals surface area contributed by atoms with Crippen LogP contribution >= 0.6 is 11.6 Å². The van der Waals surface area contributed by atoms with Crippen molar-refractivity contribution in [2.75, 3.05) is 19.4 Å². The first kappa shape index (κ1) is 18.7. The van der Waals surface area contributed by atoms with Crippen molar-refractivity contribution in [1.29, 1.82) is 0 Å². The van der Waals surface area contributed by atoms with Crippen LogP contribution in [0.1, 0.15) is 17.5 Å². The number of nitrogens with two attached hydrogens (primary N) is 1. The predicted octanol–water partition coefficient (Wildman–Crippen LogP) is 4.26. The fourth-order valence-electron chi connectivity index (χ4n) is 2.13. The Kier molecular flexibility index (Phi) is 7.16. The Morgan fingerprint density at radius 1 is 1.28 bits per heavy atom. The van der Waals surface area contributed by atoms with Crippen LogP contribution in [-0.2, 0) is 11.3 Å². The van der Waals surface area contributed by atoms with Gasteiger partial charge in [-0.2, -0.15) is 0 Å². The van der Waals surface area contributed by atoms with Crippen molar-refractivity contribution in [3.63, 3.8) is 0 Å². The molecule has 0 bridgehead atoms. The number of anilines is 1. The van der Waals surface area contributed by atoms with E-state index in [-0.39, 0.29) is 6.61 Å². The maximum Gasteiger partial charge on any atom is 0.407 e. The van der Waals surface area contributed by atoms with E-state index in [1.165, 1.54) is 0 Å². The van der Waals surface area contributed by atoms with Crippen LogP contribution in [0.25, 0.3) is 6.08 Å². The number of ether oxygens (including phenoxy) is 2. The van der Waals surface area contributed by atoms with Gasteiger partial charge in [0, 0.05) is 6.54 Å². The monoisotopic (exact) mass is 360 g/mol. The Morgan fingerprint density at radius 3 is 2.76 bits per heavy atom. The van der Waals surface area contributed by atoms with E-state index in [4.69, 9.17) is 26.8 Å². The second-order valence-corrected chi connectivity index (χ2v) is 5.70. The maximum absolute atomic E-state index is 11.6.